The molecule has 1 aliphatic heterocycles. The molecule has 1 aliphatic rings. The van der Waals surface area contributed by atoms with Gasteiger partial charge in [0, 0.05) is 20.2 Å². The summed E-state index contributed by atoms with van der Waals surface area (Å²) in [5.74, 6) is 2.54. The van der Waals surface area contributed by atoms with Crippen LogP contribution >= 0.6 is 24.0 Å². The van der Waals surface area contributed by atoms with Gasteiger partial charge in [0.15, 0.2) is 11.8 Å². The number of hydrogen-bond donors (Lipinski definition) is 2. The van der Waals surface area contributed by atoms with Gasteiger partial charge in [-0.05, 0) is 37.8 Å². The van der Waals surface area contributed by atoms with Crippen molar-refractivity contribution in [3.05, 3.63) is 47.0 Å². The smallest absolute Gasteiger partial charge is 0.192 e. The van der Waals surface area contributed by atoms with Gasteiger partial charge < -0.3 is 19.9 Å². The predicted octanol–water partition coefficient (Wildman–Crippen LogP) is 2.46. The molecule has 0 spiro atoms. The Bertz CT molecular complexity index is 754. The Morgan fingerprint density at radius 2 is 2.07 bits per heavy atom. The molecule has 27 heavy (non-hydrogen) atoms. The van der Waals surface area contributed by atoms with Crippen LogP contribution in [0.25, 0.3) is 0 Å². The first-order chi connectivity index (χ1) is 12.6. The lowest BCUT2D eigenvalue weighted by Crippen LogP contribution is -2.41. The molecule has 2 aromatic rings. The fourth-order valence-corrected chi connectivity index (χ4v) is 2.91. The molecular formula is C19H29IN6O. The van der Waals surface area contributed by atoms with E-state index in [9.17, 15) is 0 Å². The molecule has 1 fully saturated rings. The normalized spacial score (nSPS) is 16.9. The summed E-state index contributed by atoms with van der Waals surface area (Å²) in [5, 5.41) is 15.1. The van der Waals surface area contributed by atoms with E-state index < -0.39 is 0 Å². The minimum absolute atomic E-state index is 0. The SMILES string of the molecule is Cc1ccccc1CN=C(NCc1nnc(C)n1C)NCC1CCCO1.I. The third kappa shape index (κ3) is 6.17. The van der Waals surface area contributed by atoms with E-state index in [2.05, 4.69) is 39.9 Å². The third-order valence-electron chi connectivity index (χ3n) is 4.79. The lowest BCUT2D eigenvalue weighted by Gasteiger charge is -2.16. The maximum Gasteiger partial charge on any atom is 0.192 e. The van der Waals surface area contributed by atoms with Gasteiger partial charge in [-0.1, -0.05) is 24.3 Å². The molecule has 1 saturated heterocycles. The molecule has 0 radical (unpaired) electrons. The van der Waals surface area contributed by atoms with Gasteiger partial charge in [0.05, 0.1) is 19.2 Å². The summed E-state index contributed by atoms with van der Waals surface area (Å²) in [4.78, 5) is 4.75. The van der Waals surface area contributed by atoms with Crippen LogP contribution < -0.4 is 10.6 Å². The lowest BCUT2D eigenvalue weighted by atomic mass is 10.1. The number of ether oxygens (including phenoxy) is 1. The van der Waals surface area contributed by atoms with Crippen molar-refractivity contribution in [1.29, 1.82) is 0 Å². The van der Waals surface area contributed by atoms with Gasteiger partial charge in [0.2, 0.25) is 0 Å². The average Bonchev–Trinajstić information content (AvgIpc) is 3.27. The second kappa shape index (κ2) is 10.6. The van der Waals surface area contributed by atoms with Crippen molar-refractivity contribution in [2.45, 2.75) is 45.9 Å². The number of aromatic nitrogens is 3. The fraction of sp³-hybridized carbons (Fsp3) is 0.526. The molecule has 1 aromatic carbocycles. The van der Waals surface area contributed by atoms with Crippen LogP contribution in [0, 0.1) is 13.8 Å². The van der Waals surface area contributed by atoms with Gasteiger partial charge in [-0.2, -0.15) is 0 Å². The molecule has 0 bridgehead atoms. The molecule has 8 heteroatoms. The van der Waals surface area contributed by atoms with Crippen molar-refractivity contribution >= 4 is 29.9 Å². The van der Waals surface area contributed by atoms with Crippen LogP contribution in [0.2, 0.25) is 0 Å². The Kier molecular flexibility index (Phi) is 8.49. The van der Waals surface area contributed by atoms with Crippen LogP contribution in [0.5, 0.6) is 0 Å². The number of guanidine groups is 1. The zero-order chi connectivity index (χ0) is 18.4. The molecule has 0 saturated carbocycles. The number of nitrogens with one attached hydrogen (secondary N) is 2. The number of hydrogen-bond acceptors (Lipinski definition) is 4. The highest BCUT2D eigenvalue weighted by atomic mass is 127. The second-order valence-electron chi connectivity index (χ2n) is 6.68. The van der Waals surface area contributed by atoms with Gasteiger partial charge in [-0.15, -0.1) is 34.2 Å². The summed E-state index contributed by atoms with van der Waals surface area (Å²) in [6, 6.07) is 8.32. The van der Waals surface area contributed by atoms with Crippen LogP contribution in [-0.2, 0) is 24.9 Å². The first-order valence-corrected chi connectivity index (χ1v) is 9.16. The van der Waals surface area contributed by atoms with Crippen LogP contribution in [-0.4, -0.2) is 40.0 Å². The summed E-state index contributed by atoms with van der Waals surface area (Å²) in [5.41, 5.74) is 2.47. The molecule has 1 atom stereocenters. The van der Waals surface area contributed by atoms with E-state index in [1.807, 2.05) is 30.7 Å². The van der Waals surface area contributed by atoms with Crippen molar-refractivity contribution in [3.8, 4) is 0 Å². The van der Waals surface area contributed by atoms with E-state index in [0.29, 0.717) is 13.1 Å². The Labute approximate surface area is 178 Å². The standard InChI is InChI=1S/C19H28N6O.HI/c1-14-7-4-5-8-16(14)11-20-19(21-12-17-9-6-10-26-17)22-13-18-24-23-15(2)25(18)3;/h4-5,7-8,17H,6,9-13H2,1-3H3,(H2,20,21,22);1H. The highest BCUT2D eigenvalue weighted by Crippen LogP contribution is 2.11. The molecule has 2 heterocycles. The minimum atomic E-state index is 0. The molecule has 0 aliphatic carbocycles. The number of aliphatic imine (C=N–C) groups is 1. The van der Waals surface area contributed by atoms with Gasteiger partial charge in [0.1, 0.15) is 5.82 Å². The van der Waals surface area contributed by atoms with E-state index in [4.69, 9.17) is 9.73 Å². The molecule has 7 nitrogen and oxygen atoms in total. The van der Waals surface area contributed by atoms with E-state index in [-0.39, 0.29) is 30.1 Å². The fourth-order valence-electron chi connectivity index (χ4n) is 2.91. The molecule has 0 amide bonds. The number of aryl methyl sites for hydroxylation is 2. The van der Waals surface area contributed by atoms with Crippen molar-refractivity contribution in [1.82, 2.24) is 25.4 Å². The molecule has 148 valence electrons. The van der Waals surface area contributed by atoms with Crippen molar-refractivity contribution in [2.24, 2.45) is 12.0 Å². The molecule has 1 aromatic heterocycles. The quantitative estimate of drug-likeness (QED) is 0.375. The Hall–Kier alpha value is -1.68. The largest absolute Gasteiger partial charge is 0.376 e. The number of rotatable bonds is 6. The van der Waals surface area contributed by atoms with E-state index >= 15 is 0 Å². The zero-order valence-electron chi connectivity index (χ0n) is 16.2. The third-order valence-corrected chi connectivity index (χ3v) is 4.79. The number of halogens is 1. The summed E-state index contributed by atoms with van der Waals surface area (Å²) in [7, 11) is 1.97. The summed E-state index contributed by atoms with van der Waals surface area (Å²) in [6.07, 6.45) is 2.49. The van der Waals surface area contributed by atoms with E-state index in [1.54, 1.807) is 0 Å². The molecule has 2 N–H and O–H groups in total. The van der Waals surface area contributed by atoms with Gasteiger partial charge in [-0.25, -0.2) is 4.99 Å². The van der Waals surface area contributed by atoms with Crippen molar-refractivity contribution in [2.75, 3.05) is 13.2 Å². The highest BCUT2D eigenvalue weighted by Gasteiger charge is 2.16. The summed E-state index contributed by atoms with van der Waals surface area (Å²) >= 11 is 0. The topological polar surface area (TPSA) is 76.4 Å². The first-order valence-electron chi connectivity index (χ1n) is 9.16. The lowest BCUT2D eigenvalue weighted by molar-refractivity contribution is 0.113. The predicted molar refractivity (Wildman–Crippen MR) is 117 cm³/mol. The Balaban J connectivity index is 0.00000261. The monoisotopic (exact) mass is 484 g/mol. The van der Waals surface area contributed by atoms with Crippen LogP contribution in [0.1, 0.15) is 35.6 Å². The van der Waals surface area contributed by atoms with Crippen LogP contribution in [0.4, 0.5) is 0 Å². The summed E-state index contributed by atoms with van der Waals surface area (Å²) < 4.78 is 7.68. The Morgan fingerprint density at radius 3 is 2.74 bits per heavy atom. The number of benzene rings is 1. The molecule has 3 rings (SSSR count). The van der Waals surface area contributed by atoms with Crippen molar-refractivity contribution in [3.63, 3.8) is 0 Å². The molecule has 1 unspecified atom stereocenters. The average molecular weight is 484 g/mol. The van der Waals surface area contributed by atoms with Gasteiger partial charge in [0.25, 0.3) is 0 Å². The first kappa shape index (κ1) is 21.6. The van der Waals surface area contributed by atoms with Gasteiger partial charge in [-0.3, -0.25) is 0 Å². The maximum absolute atomic E-state index is 5.70. The van der Waals surface area contributed by atoms with Crippen molar-refractivity contribution < 1.29 is 4.74 Å². The van der Waals surface area contributed by atoms with E-state index in [1.165, 1.54) is 11.1 Å². The van der Waals surface area contributed by atoms with Crippen LogP contribution in [0.15, 0.2) is 29.3 Å². The second-order valence-corrected chi connectivity index (χ2v) is 6.68. The highest BCUT2D eigenvalue weighted by molar-refractivity contribution is 14.0. The minimum Gasteiger partial charge on any atom is -0.376 e. The summed E-state index contributed by atoms with van der Waals surface area (Å²) in [6.45, 7) is 6.87. The Morgan fingerprint density at radius 1 is 1.26 bits per heavy atom. The maximum atomic E-state index is 5.70. The molecular weight excluding hydrogens is 455 g/mol. The zero-order valence-corrected chi connectivity index (χ0v) is 18.6. The van der Waals surface area contributed by atoms with Crippen LogP contribution in [0.3, 0.4) is 0 Å². The van der Waals surface area contributed by atoms with E-state index in [0.717, 1.165) is 43.6 Å². The van der Waals surface area contributed by atoms with Gasteiger partial charge >= 0.3 is 0 Å². The number of nitrogens with zero attached hydrogens (tertiary/aromatic N) is 4.